The predicted molar refractivity (Wildman–Crippen MR) is 84.9 cm³/mol. The van der Waals surface area contributed by atoms with Crippen LogP contribution in [0.25, 0.3) is 0 Å². The maximum Gasteiger partial charge on any atom is 0.289 e. The number of allylic oxidation sites excluding steroid dienone is 1. The van der Waals surface area contributed by atoms with E-state index in [2.05, 4.69) is 11.9 Å². The summed E-state index contributed by atoms with van der Waals surface area (Å²) in [6.07, 6.45) is 3.32. The van der Waals surface area contributed by atoms with E-state index >= 15 is 0 Å². The number of amides is 1. The molecule has 0 aromatic carbocycles. The highest BCUT2D eigenvalue weighted by Crippen LogP contribution is 2.31. The highest BCUT2D eigenvalue weighted by atomic mass is 16.5. The van der Waals surface area contributed by atoms with Gasteiger partial charge in [0.1, 0.15) is 5.60 Å². The van der Waals surface area contributed by atoms with Gasteiger partial charge in [-0.25, -0.2) is 0 Å². The second kappa shape index (κ2) is 5.91. The zero-order valence-electron chi connectivity index (χ0n) is 14.3. The fourth-order valence-electron chi connectivity index (χ4n) is 3.70. The van der Waals surface area contributed by atoms with Crippen molar-refractivity contribution in [3.05, 3.63) is 11.8 Å². The molecule has 128 valence electrons. The van der Waals surface area contributed by atoms with Crippen LogP contribution < -0.4 is 0 Å². The Labute approximate surface area is 137 Å². The maximum atomic E-state index is 12.7. The molecule has 3 heterocycles. The van der Waals surface area contributed by atoms with Crippen molar-refractivity contribution in [2.45, 2.75) is 44.3 Å². The molecule has 3 aliphatic heterocycles. The molecule has 2 saturated heterocycles. The first-order valence-corrected chi connectivity index (χ1v) is 8.34. The molecule has 0 saturated carbocycles. The molecule has 0 aromatic heterocycles. The van der Waals surface area contributed by atoms with Crippen LogP contribution in [0.1, 0.15) is 33.1 Å². The van der Waals surface area contributed by atoms with Gasteiger partial charge in [-0.3, -0.25) is 9.59 Å². The molecule has 3 aliphatic rings. The number of rotatable bonds is 1. The minimum absolute atomic E-state index is 0.0460. The van der Waals surface area contributed by atoms with E-state index in [1.165, 1.54) is 6.08 Å². The van der Waals surface area contributed by atoms with Gasteiger partial charge >= 0.3 is 0 Å². The zero-order valence-corrected chi connectivity index (χ0v) is 14.3. The summed E-state index contributed by atoms with van der Waals surface area (Å²) < 4.78 is 11.7. The fraction of sp³-hybridized carbons (Fsp3) is 0.765. The lowest BCUT2D eigenvalue weighted by molar-refractivity contribution is -0.151. The third kappa shape index (κ3) is 3.58. The summed E-state index contributed by atoms with van der Waals surface area (Å²) in [4.78, 5) is 28.5. The lowest BCUT2D eigenvalue weighted by Crippen LogP contribution is -2.57. The molecule has 0 aromatic rings. The van der Waals surface area contributed by atoms with Gasteiger partial charge in [0.15, 0.2) is 11.5 Å². The fourth-order valence-corrected chi connectivity index (χ4v) is 3.70. The average molecular weight is 322 g/mol. The molecule has 6 heteroatoms. The number of likely N-dealkylation sites (tertiary alicyclic amines) is 1. The summed E-state index contributed by atoms with van der Waals surface area (Å²) in [5.74, 6) is -0.0377. The molecular formula is C17H26N2O4. The summed E-state index contributed by atoms with van der Waals surface area (Å²) in [7, 11) is 2.11. The van der Waals surface area contributed by atoms with Gasteiger partial charge in [-0.2, -0.15) is 0 Å². The van der Waals surface area contributed by atoms with Crippen molar-refractivity contribution in [2.75, 3.05) is 39.8 Å². The van der Waals surface area contributed by atoms with Gasteiger partial charge in [-0.15, -0.1) is 0 Å². The molecule has 1 amide bonds. The smallest absolute Gasteiger partial charge is 0.289 e. The molecule has 23 heavy (non-hydrogen) atoms. The third-order valence-electron chi connectivity index (χ3n) is 4.89. The van der Waals surface area contributed by atoms with Gasteiger partial charge in [-0.1, -0.05) is 0 Å². The van der Waals surface area contributed by atoms with E-state index in [0.29, 0.717) is 19.5 Å². The van der Waals surface area contributed by atoms with Crippen molar-refractivity contribution in [3.63, 3.8) is 0 Å². The van der Waals surface area contributed by atoms with Crippen LogP contribution in [0.4, 0.5) is 0 Å². The second-order valence-corrected chi connectivity index (χ2v) is 7.57. The van der Waals surface area contributed by atoms with E-state index < -0.39 is 5.60 Å². The number of ether oxygens (including phenoxy) is 2. The highest BCUT2D eigenvalue weighted by molar-refractivity contribution is 6.01. The SMILES string of the molecule is CN1CCOC2(CCN(C(=O)C3=CC(=O)CC(C)(C)O3)CC2)C1. The summed E-state index contributed by atoms with van der Waals surface area (Å²) in [6, 6.07) is 0. The van der Waals surface area contributed by atoms with Crippen LogP contribution in [0.15, 0.2) is 11.8 Å². The molecule has 1 spiro atoms. The Morgan fingerprint density at radius 2 is 1.91 bits per heavy atom. The topological polar surface area (TPSA) is 59.1 Å². The normalized spacial score (nSPS) is 27.5. The minimum Gasteiger partial charge on any atom is -0.481 e. The summed E-state index contributed by atoms with van der Waals surface area (Å²) >= 11 is 0. The average Bonchev–Trinajstić information content (AvgIpc) is 2.45. The van der Waals surface area contributed by atoms with Crippen LogP contribution in [0, 0.1) is 0 Å². The lowest BCUT2D eigenvalue weighted by Gasteiger charge is -2.46. The molecule has 3 rings (SSSR count). The number of piperidine rings is 1. The Morgan fingerprint density at radius 3 is 2.52 bits per heavy atom. The van der Waals surface area contributed by atoms with Gasteiger partial charge in [0.05, 0.1) is 12.2 Å². The van der Waals surface area contributed by atoms with Crippen LogP contribution in [-0.2, 0) is 19.1 Å². The molecule has 0 unspecified atom stereocenters. The molecule has 0 bridgehead atoms. The van der Waals surface area contributed by atoms with Crippen LogP contribution in [0.3, 0.4) is 0 Å². The molecule has 2 fully saturated rings. The Morgan fingerprint density at radius 1 is 1.22 bits per heavy atom. The van der Waals surface area contributed by atoms with Crippen molar-refractivity contribution < 1.29 is 19.1 Å². The second-order valence-electron chi connectivity index (χ2n) is 7.57. The molecule has 0 radical (unpaired) electrons. The predicted octanol–water partition coefficient (Wildman–Crippen LogP) is 0.961. The number of nitrogens with zero attached hydrogens (tertiary/aromatic N) is 2. The first kappa shape index (κ1) is 16.5. The molecule has 0 atom stereocenters. The van der Waals surface area contributed by atoms with Crippen LogP contribution in [0.5, 0.6) is 0 Å². The summed E-state index contributed by atoms with van der Waals surface area (Å²) in [5.41, 5.74) is -0.732. The van der Waals surface area contributed by atoms with Gasteiger partial charge < -0.3 is 19.3 Å². The first-order chi connectivity index (χ1) is 10.8. The van der Waals surface area contributed by atoms with E-state index in [1.54, 1.807) is 4.90 Å². The van der Waals surface area contributed by atoms with Crippen molar-refractivity contribution in [2.24, 2.45) is 0 Å². The Kier molecular flexibility index (Phi) is 4.23. The highest BCUT2D eigenvalue weighted by Gasteiger charge is 2.41. The van der Waals surface area contributed by atoms with Crippen molar-refractivity contribution >= 4 is 11.7 Å². The number of ketones is 1. The van der Waals surface area contributed by atoms with E-state index in [0.717, 1.165) is 32.5 Å². The third-order valence-corrected chi connectivity index (χ3v) is 4.89. The Bertz CT molecular complexity index is 533. The number of hydrogen-bond acceptors (Lipinski definition) is 5. The monoisotopic (exact) mass is 322 g/mol. The number of likely N-dealkylation sites (N-methyl/N-ethyl adjacent to an activating group) is 1. The Balaban J connectivity index is 1.63. The zero-order chi connectivity index (χ0) is 16.7. The van der Waals surface area contributed by atoms with E-state index in [9.17, 15) is 9.59 Å². The van der Waals surface area contributed by atoms with Gasteiger partial charge in [0.25, 0.3) is 5.91 Å². The number of morpholine rings is 1. The first-order valence-electron chi connectivity index (χ1n) is 8.34. The molecule has 0 N–H and O–H groups in total. The van der Waals surface area contributed by atoms with Crippen molar-refractivity contribution in [1.29, 1.82) is 0 Å². The van der Waals surface area contributed by atoms with Gasteiger partial charge in [-0.05, 0) is 33.7 Å². The van der Waals surface area contributed by atoms with E-state index in [-0.39, 0.29) is 23.1 Å². The van der Waals surface area contributed by atoms with Gasteiger partial charge in [0, 0.05) is 38.7 Å². The minimum atomic E-state index is -0.608. The summed E-state index contributed by atoms with van der Waals surface area (Å²) in [6.45, 7) is 7.58. The molecule has 0 aliphatic carbocycles. The van der Waals surface area contributed by atoms with Crippen LogP contribution >= 0.6 is 0 Å². The maximum absolute atomic E-state index is 12.7. The molecule has 6 nitrogen and oxygen atoms in total. The van der Waals surface area contributed by atoms with Crippen molar-refractivity contribution in [3.8, 4) is 0 Å². The standard InChI is InChI=1S/C17H26N2O4/c1-16(2)11-13(20)10-14(23-16)15(21)19-6-4-17(5-7-19)12-18(3)8-9-22-17/h10H,4-9,11-12H2,1-3H3. The number of carbonyl (C=O) groups excluding carboxylic acids is 2. The van der Waals surface area contributed by atoms with Crippen molar-refractivity contribution in [1.82, 2.24) is 9.80 Å². The van der Waals surface area contributed by atoms with E-state index in [1.807, 2.05) is 13.8 Å². The van der Waals surface area contributed by atoms with E-state index in [4.69, 9.17) is 9.47 Å². The largest absolute Gasteiger partial charge is 0.481 e. The quantitative estimate of drug-likeness (QED) is 0.720. The van der Waals surface area contributed by atoms with Crippen LogP contribution in [0.2, 0.25) is 0 Å². The van der Waals surface area contributed by atoms with Gasteiger partial charge in [0.2, 0.25) is 0 Å². The summed E-state index contributed by atoms with van der Waals surface area (Å²) in [5, 5.41) is 0. The molecular weight excluding hydrogens is 296 g/mol. The van der Waals surface area contributed by atoms with Crippen LogP contribution in [-0.4, -0.2) is 72.5 Å². The lowest BCUT2D eigenvalue weighted by atomic mass is 9.89. The number of hydrogen-bond donors (Lipinski definition) is 0. The Hall–Kier alpha value is -1.40. The number of carbonyl (C=O) groups is 2.